The first-order valence-corrected chi connectivity index (χ1v) is 24.3. The Labute approximate surface area is 365 Å². The summed E-state index contributed by atoms with van der Waals surface area (Å²) in [6, 6.07) is 39.6. The van der Waals surface area contributed by atoms with Crippen LogP contribution in [0.2, 0.25) is 9.88 Å². The van der Waals surface area contributed by atoms with Gasteiger partial charge in [-0.3, -0.25) is 0 Å². The summed E-state index contributed by atoms with van der Waals surface area (Å²) in [6.07, 6.45) is -6.86. The summed E-state index contributed by atoms with van der Waals surface area (Å²) in [5.41, 5.74) is 4.91. The van der Waals surface area contributed by atoms with E-state index in [0.717, 1.165) is 56.6 Å². The smallest absolute Gasteiger partial charge is 1.00 e. The molecule has 0 saturated heterocycles. The van der Waals surface area contributed by atoms with Gasteiger partial charge in [-0.1, -0.05) is 97.8 Å². The van der Waals surface area contributed by atoms with Crippen molar-refractivity contribution < 1.29 is 77.4 Å². The summed E-state index contributed by atoms with van der Waals surface area (Å²) < 4.78 is 80.1. The van der Waals surface area contributed by atoms with Crippen LogP contribution in [0.4, 0.5) is 26.3 Å². The first-order valence-electron chi connectivity index (χ1n) is 17.7. The molecule has 10 heteroatoms. The van der Waals surface area contributed by atoms with Gasteiger partial charge in [0.15, 0.2) is 0 Å². The molecule has 8 aromatic carbocycles. The molecule has 0 aromatic heterocycles. The Balaban J connectivity index is 0.000000267. The molecule has 0 atom stereocenters. The van der Waals surface area contributed by atoms with Crippen LogP contribution in [0.15, 0.2) is 133 Å². The minimum atomic E-state index is -4.36. The Bertz CT molecular complexity index is 2360. The molecule has 1 radical (unpaired) electrons. The van der Waals surface area contributed by atoms with Gasteiger partial charge in [0, 0.05) is 0 Å². The van der Waals surface area contributed by atoms with Crippen molar-refractivity contribution in [1.82, 2.24) is 0 Å². The van der Waals surface area contributed by atoms with Crippen molar-refractivity contribution in [1.29, 1.82) is 0 Å². The maximum absolute atomic E-state index is 13.4. The topological polar surface area (TPSA) is 0 Å². The fourth-order valence-electron chi connectivity index (χ4n) is 7.03. The van der Waals surface area contributed by atoms with Crippen molar-refractivity contribution in [2.24, 2.45) is 0 Å². The van der Waals surface area contributed by atoms with E-state index in [4.69, 9.17) is 0 Å². The molecule has 0 spiro atoms. The quantitative estimate of drug-likeness (QED) is 0.0945. The Morgan fingerprint density at radius 1 is 0.446 bits per heavy atom. The number of halogens is 8. The zero-order chi connectivity index (χ0) is 37.9. The molecule has 56 heavy (non-hydrogen) atoms. The van der Waals surface area contributed by atoms with E-state index in [9.17, 15) is 26.3 Å². The molecule has 0 fully saturated rings. The molecule has 0 amide bonds. The summed E-state index contributed by atoms with van der Waals surface area (Å²) in [6.45, 7) is 4.20. The normalized spacial score (nSPS) is 11.2. The second-order valence-electron chi connectivity index (χ2n) is 13.0. The van der Waals surface area contributed by atoms with Crippen molar-refractivity contribution in [3.05, 3.63) is 156 Å². The first kappa shape index (κ1) is 47.3. The van der Waals surface area contributed by atoms with Crippen LogP contribution in [0.5, 0.6) is 0 Å². The van der Waals surface area contributed by atoms with Gasteiger partial charge in [-0.2, -0.15) is 38.5 Å². The van der Waals surface area contributed by atoms with E-state index >= 15 is 0 Å². The van der Waals surface area contributed by atoms with Gasteiger partial charge in [-0.15, -0.1) is 69.1 Å². The fraction of sp³-hybridized carbons (Fsp3) is 0.174. The monoisotopic (exact) mass is 985 g/mol. The predicted molar refractivity (Wildman–Crippen MR) is 213 cm³/mol. The maximum atomic E-state index is 13.4. The van der Waals surface area contributed by atoms with Crippen LogP contribution >= 0.6 is 0 Å². The molecule has 287 valence electrons. The summed E-state index contributed by atoms with van der Waals surface area (Å²) in [5, 5.41) is 6.16. The number of fused-ring (bicyclic) bond motifs is 4. The van der Waals surface area contributed by atoms with Crippen LogP contribution in [0.1, 0.15) is 36.1 Å². The average molecular weight is 987 g/mol. The largest absolute Gasteiger partial charge is 4.00 e. The van der Waals surface area contributed by atoms with E-state index in [0.29, 0.717) is 10.8 Å². The summed E-state index contributed by atoms with van der Waals surface area (Å²) in [4.78, 5) is 4.63. The molecule has 0 saturated carbocycles. The standard InChI is InChI=1S/2C22H16F3.2CH3.2ClH.Sn.Zr.H/c2*1-2-14-12-15-6-5-9-17(20(15)13-14)18-10-11-21(22(23,24)25)19-8-4-3-7-16(18)19;;;;;;;/h2*3-13H,2H2,1H3;2*1H3;2*1H;;;/q2*-1;;;;;;+4;/p-2. The van der Waals surface area contributed by atoms with Crippen molar-refractivity contribution in [2.75, 3.05) is 0 Å². The van der Waals surface area contributed by atoms with Crippen molar-refractivity contribution in [3.8, 4) is 22.3 Å². The van der Waals surface area contributed by atoms with E-state index in [-0.39, 0.29) is 82.9 Å². The average Bonchev–Trinajstić information content (AvgIpc) is 3.78. The molecule has 0 aliphatic carbocycles. The third-order valence-electron chi connectivity index (χ3n) is 9.48. The zero-order valence-electron chi connectivity index (χ0n) is 31.2. The van der Waals surface area contributed by atoms with Crippen LogP contribution in [0.3, 0.4) is 0 Å². The van der Waals surface area contributed by atoms with Gasteiger partial charge < -0.3 is 24.8 Å². The Morgan fingerprint density at radius 2 is 0.768 bits per heavy atom. The van der Waals surface area contributed by atoms with E-state index in [1.165, 1.54) is 23.3 Å². The molecule has 0 aliphatic rings. The molecule has 0 N–H and O–H groups in total. The Hall–Kier alpha value is -3.10. The van der Waals surface area contributed by atoms with Gasteiger partial charge in [0.1, 0.15) is 0 Å². The molecular weight excluding hydrogens is 947 g/mol. The van der Waals surface area contributed by atoms with E-state index in [1.54, 1.807) is 60.7 Å². The van der Waals surface area contributed by atoms with E-state index in [1.807, 2.05) is 36.4 Å². The number of benzene rings is 6. The SMILES string of the molecule is CCc1cc2c(-c3ccc(C(F)(F)F)c4ccccc34)cccc2[cH-]1.CCc1cc2c(-c3ccc(C(F)(F)F)c4ccccc34)cccc2[cH-]1.[CH3][SnH][CH3].[Cl-].[Cl-].[Zr+4]. The molecule has 0 nitrogen and oxygen atoms in total. The van der Waals surface area contributed by atoms with E-state index < -0.39 is 23.5 Å². The second-order valence-corrected chi connectivity index (χ2v) is 16.3. The van der Waals surface area contributed by atoms with Crippen molar-refractivity contribution >= 4 is 64.2 Å². The van der Waals surface area contributed by atoms with Crippen LogP contribution in [0.25, 0.3) is 65.3 Å². The van der Waals surface area contributed by atoms with Crippen molar-refractivity contribution in [3.63, 3.8) is 0 Å². The zero-order valence-corrected chi connectivity index (χ0v) is 38.5. The molecule has 0 aliphatic heterocycles. The van der Waals surface area contributed by atoms with Gasteiger partial charge in [0.2, 0.25) is 0 Å². The van der Waals surface area contributed by atoms with Crippen LogP contribution < -0.4 is 24.8 Å². The van der Waals surface area contributed by atoms with Gasteiger partial charge in [0.25, 0.3) is 0 Å². The molecule has 8 rings (SSSR count). The molecule has 0 bridgehead atoms. The van der Waals surface area contributed by atoms with Gasteiger partial charge in [-0.05, 0) is 57.6 Å². The number of hydrogen-bond donors (Lipinski definition) is 0. The van der Waals surface area contributed by atoms with Gasteiger partial charge in [0.05, 0.1) is 11.1 Å². The molecule has 0 heterocycles. The summed E-state index contributed by atoms with van der Waals surface area (Å²) in [7, 11) is 0. The predicted octanol–water partition coefficient (Wildman–Crippen LogP) is 8.44. The molecular formula is C46H39Cl2F6SnZr. The molecule has 8 aromatic rings. The number of hydrogen-bond acceptors (Lipinski definition) is 0. The summed E-state index contributed by atoms with van der Waals surface area (Å²) in [5.74, 6) is 0. The van der Waals surface area contributed by atoms with Crippen molar-refractivity contribution in [2.45, 2.75) is 48.9 Å². The minimum absolute atomic E-state index is 0. The van der Waals surface area contributed by atoms with Gasteiger partial charge >= 0.3 is 69.6 Å². The number of rotatable bonds is 4. The minimum Gasteiger partial charge on any atom is -1.00 e. The van der Waals surface area contributed by atoms with Crippen LogP contribution in [0, 0.1) is 0 Å². The van der Waals surface area contributed by atoms with E-state index in [2.05, 4.69) is 48.0 Å². The summed E-state index contributed by atoms with van der Waals surface area (Å²) >= 11 is 0.110. The molecule has 0 unspecified atom stereocenters. The van der Waals surface area contributed by atoms with Gasteiger partial charge in [-0.25, -0.2) is 0 Å². The van der Waals surface area contributed by atoms with Crippen LogP contribution in [-0.2, 0) is 51.4 Å². The fourth-order valence-corrected chi connectivity index (χ4v) is 7.03. The third-order valence-corrected chi connectivity index (χ3v) is 9.48. The Morgan fingerprint density at radius 3 is 1.09 bits per heavy atom. The van der Waals surface area contributed by atoms with Crippen LogP contribution in [-0.4, -0.2) is 21.1 Å². The number of aryl methyl sites for hydroxylation is 2. The first-order chi connectivity index (χ1) is 25.4. The Kier molecular flexibility index (Phi) is 16.9. The number of alkyl halides is 6. The maximum Gasteiger partial charge on any atom is 4.00 e. The third kappa shape index (κ3) is 9.94. The second kappa shape index (κ2) is 20.0.